The maximum Gasteiger partial charge on any atom is 0.161 e. The van der Waals surface area contributed by atoms with E-state index in [9.17, 15) is 4.79 Å². The van der Waals surface area contributed by atoms with Gasteiger partial charge in [0.2, 0.25) is 0 Å². The zero-order chi connectivity index (χ0) is 25.0. The van der Waals surface area contributed by atoms with Crippen LogP contribution in [0.25, 0.3) is 0 Å². The molecule has 0 saturated carbocycles. The van der Waals surface area contributed by atoms with Gasteiger partial charge < -0.3 is 10.6 Å². The maximum atomic E-state index is 11.8. The van der Waals surface area contributed by atoms with Gasteiger partial charge in [-0.05, 0) is 66.8 Å². The summed E-state index contributed by atoms with van der Waals surface area (Å²) in [5, 5.41) is 1.26. The average molecular weight is 527 g/mol. The van der Waals surface area contributed by atoms with Crippen molar-refractivity contribution in [2.45, 2.75) is 68.3 Å². The van der Waals surface area contributed by atoms with Gasteiger partial charge in [0.05, 0.1) is 17.4 Å². The molecule has 0 radical (unpaired) electrons. The van der Waals surface area contributed by atoms with Gasteiger partial charge in [-0.1, -0.05) is 44.1 Å². The largest absolute Gasteiger partial charge is 0.355 e. The molecule has 0 amide bonds. The molecule has 1 spiro atoms. The minimum atomic E-state index is -0.0478. The van der Waals surface area contributed by atoms with Crippen molar-refractivity contribution in [2.75, 3.05) is 18.0 Å². The van der Waals surface area contributed by atoms with Crippen molar-refractivity contribution < 1.29 is 4.79 Å². The fourth-order valence-corrected chi connectivity index (χ4v) is 7.56. The minimum Gasteiger partial charge on any atom is -0.355 e. The lowest BCUT2D eigenvalue weighted by atomic mass is 9.73. The molecule has 5 rings (SSSR count). The van der Waals surface area contributed by atoms with Crippen molar-refractivity contribution in [1.82, 2.24) is 9.97 Å². The molecule has 1 aliphatic carbocycles. The number of halogens is 1. The summed E-state index contributed by atoms with van der Waals surface area (Å²) in [6.45, 7) is 10.2. The number of anilines is 1. The van der Waals surface area contributed by atoms with Gasteiger partial charge in [-0.15, -0.1) is 11.3 Å². The van der Waals surface area contributed by atoms with Crippen LogP contribution in [0.2, 0.25) is 5.02 Å². The normalized spacial score (nSPS) is 19.3. The summed E-state index contributed by atoms with van der Waals surface area (Å²) in [5.41, 5.74) is 9.11. The molecule has 35 heavy (non-hydrogen) atoms. The Kier molecular flexibility index (Phi) is 6.49. The Balaban J connectivity index is 1.23. The number of hydrogen-bond donors (Lipinski definition) is 1. The van der Waals surface area contributed by atoms with Crippen LogP contribution in [0.5, 0.6) is 0 Å². The molecule has 0 bridgehead atoms. The number of nitrogens with zero attached hydrogens (tertiary/aromatic N) is 3. The highest BCUT2D eigenvalue weighted by molar-refractivity contribution is 7.99. The van der Waals surface area contributed by atoms with Crippen molar-refractivity contribution >= 4 is 46.3 Å². The van der Waals surface area contributed by atoms with Crippen molar-refractivity contribution in [2.24, 2.45) is 11.1 Å². The third kappa shape index (κ3) is 4.76. The van der Waals surface area contributed by atoms with E-state index in [4.69, 9.17) is 22.3 Å². The molecule has 1 saturated heterocycles. The zero-order valence-corrected chi connectivity index (χ0v) is 23.0. The second kappa shape index (κ2) is 9.18. The van der Waals surface area contributed by atoms with E-state index in [1.54, 1.807) is 12.3 Å². The van der Waals surface area contributed by atoms with Crippen LogP contribution in [-0.4, -0.2) is 28.8 Å². The highest BCUT2D eigenvalue weighted by Gasteiger charge is 2.47. The van der Waals surface area contributed by atoms with E-state index in [0.717, 1.165) is 48.1 Å². The summed E-state index contributed by atoms with van der Waals surface area (Å²) in [7, 11) is 0. The second-order valence-corrected chi connectivity index (χ2v) is 13.4. The Morgan fingerprint density at radius 3 is 2.54 bits per heavy atom. The lowest BCUT2D eigenvalue weighted by Gasteiger charge is -2.42. The predicted molar refractivity (Wildman–Crippen MR) is 145 cm³/mol. The van der Waals surface area contributed by atoms with Gasteiger partial charge in [-0.25, -0.2) is 9.97 Å². The SMILES string of the molecule is CC(=O)c1cc(Sc2cnc(N3CCC4(CC3)Cc3sc(C(C)(C)C)cc3[C@H]4N)cn2)ccc1Cl. The smallest absolute Gasteiger partial charge is 0.161 e. The number of aromatic nitrogens is 2. The molecule has 184 valence electrons. The van der Waals surface area contributed by atoms with E-state index >= 15 is 0 Å². The number of fused-ring (bicyclic) bond motifs is 1. The number of carbonyl (C=O) groups is 1. The van der Waals surface area contributed by atoms with Crippen LogP contribution in [0.3, 0.4) is 0 Å². The van der Waals surface area contributed by atoms with Gasteiger partial charge >= 0.3 is 0 Å². The molecule has 0 unspecified atom stereocenters. The predicted octanol–water partition coefficient (Wildman–Crippen LogP) is 6.69. The van der Waals surface area contributed by atoms with Crippen LogP contribution in [0.15, 0.2) is 46.6 Å². The number of piperidine rings is 1. The summed E-state index contributed by atoms with van der Waals surface area (Å²) in [4.78, 5) is 27.3. The molecular weight excluding hydrogens is 496 g/mol. The fourth-order valence-electron chi connectivity index (χ4n) is 5.13. The van der Waals surface area contributed by atoms with Gasteiger partial charge in [0.1, 0.15) is 10.8 Å². The Morgan fingerprint density at radius 1 is 1.20 bits per heavy atom. The number of Topliss-reactive ketones (excluding diaryl/α,β-unsaturated/α-hetero) is 1. The number of rotatable bonds is 4. The van der Waals surface area contributed by atoms with Crippen LogP contribution in [0.4, 0.5) is 5.82 Å². The van der Waals surface area contributed by atoms with Gasteiger partial charge in [0, 0.05) is 39.3 Å². The summed E-state index contributed by atoms with van der Waals surface area (Å²) in [6.07, 6.45) is 6.89. The Labute approximate surface area is 220 Å². The Hall–Kier alpha value is -1.93. The summed E-state index contributed by atoms with van der Waals surface area (Å²) < 4.78 is 0. The maximum absolute atomic E-state index is 11.8. The van der Waals surface area contributed by atoms with Crippen LogP contribution < -0.4 is 10.6 Å². The molecule has 1 aliphatic heterocycles. The average Bonchev–Trinajstić information content (AvgIpc) is 3.34. The number of nitrogens with two attached hydrogens (primary N) is 1. The van der Waals surface area contributed by atoms with E-state index in [-0.39, 0.29) is 22.7 Å². The van der Waals surface area contributed by atoms with Crippen molar-refractivity contribution in [3.05, 3.63) is 62.6 Å². The van der Waals surface area contributed by atoms with Crippen LogP contribution in [-0.2, 0) is 11.8 Å². The lowest BCUT2D eigenvalue weighted by molar-refractivity contribution is 0.101. The molecule has 3 aromatic rings. The van der Waals surface area contributed by atoms with Gasteiger partial charge in [-0.2, -0.15) is 0 Å². The van der Waals surface area contributed by atoms with Crippen LogP contribution in [0.1, 0.15) is 72.3 Å². The van der Waals surface area contributed by atoms with E-state index in [1.807, 2.05) is 29.7 Å². The first-order valence-electron chi connectivity index (χ1n) is 12.0. The molecular formula is C27H31ClN4OS2. The molecule has 1 aromatic carbocycles. The number of benzene rings is 1. The molecule has 5 nitrogen and oxygen atoms in total. The number of thiophene rings is 1. The monoisotopic (exact) mass is 526 g/mol. The molecule has 2 aliphatic rings. The number of ketones is 1. The third-order valence-electron chi connectivity index (χ3n) is 7.33. The quantitative estimate of drug-likeness (QED) is 0.382. The van der Waals surface area contributed by atoms with E-state index < -0.39 is 0 Å². The molecule has 1 fully saturated rings. The number of carbonyl (C=O) groups excluding carboxylic acids is 1. The molecule has 2 N–H and O–H groups in total. The molecule has 8 heteroatoms. The van der Waals surface area contributed by atoms with Crippen molar-refractivity contribution in [1.29, 1.82) is 0 Å². The lowest BCUT2D eigenvalue weighted by Crippen LogP contribution is -2.44. The minimum absolute atomic E-state index is 0.0478. The molecule has 3 heterocycles. The first-order valence-corrected chi connectivity index (χ1v) is 14.0. The molecule has 1 atom stereocenters. The fraction of sp³-hybridized carbons (Fsp3) is 0.444. The van der Waals surface area contributed by atoms with E-state index in [2.05, 4.69) is 36.7 Å². The van der Waals surface area contributed by atoms with Gasteiger partial charge in [0.15, 0.2) is 5.78 Å². The summed E-state index contributed by atoms with van der Waals surface area (Å²) in [5.74, 6) is 0.856. The standard InChI is InChI=1S/C27H31ClN4OS2/c1-16(33)18-11-17(5-6-20(18)28)34-24-15-30-23(14-31-24)32-9-7-27(8-10-32)13-21-19(25(27)29)12-22(35-21)26(2,3)4/h5-6,11-12,14-15,25H,7-10,13,29H2,1-4H3/t25-/m1/s1. The second-order valence-electron chi connectivity index (χ2n) is 10.8. The summed E-state index contributed by atoms with van der Waals surface area (Å²) >= 11 is 9.56. The summed E-state index contributed by atoms with van der Waals surface area (Å²) in [6, 6.07) is 7.95. The first-order chi connectivity index (χ1) is 16.6. The van der Waals surface area contributed by atoms with E-state index in [0.29, 0.717) is 10.6 Å². The van der Waals surface area contributed by atoms with Gasteiger partial charge in [-0.3, -0.25) is 4.79 Å². The third-order valence-corrected chi connectivity index (χ3v) is 10.1. The Bertz CT molecular complexity index is 1260. The molecule has 2 aromatic heterocycles. The van der Waals surface area contributed by atoms with Crippen LogP contribution in [0, 0.1) is 5.41 Å². The first kappa shape index (κ1) is 24.8. The highest BCUT2D eigenvalue weighted by Crippen LogP contribution is 2.54. The zero-order valence-electron chi connectivity index (χ0n) is 20.6. The topological polar surface area (TPSA) is 72.1 Å². The van der Waals surface area contributed by atoms with Gasteiger partial charge in [0.25, 0.3) is 0 Å². The Morgan fingerprint density at radius 2 is 1.94 bits per heavy atom. The van der Waals surface area contributed by atoms with Crippen molar-refractivity contribution in [3.8, 4) is 0 Å². The number of hydrogen-bond acceptors (Lipinski definition) is 7. The highest BCUT2D eigenvalue weighted by atomic mass is 35.5. The van der Waals surface area contributed by atoms with Crippen molar-refractivity contribution in [3.63, 3.8) is 0 Å². The van der Waals surface area contributed by atoms with E-state index in [1.165, 1.54) is 34.0 Å². The van der Waals surface area contributed by atoms with Crippen LogP contribution >= 0.6 is 34.7 Å².